The van der Waals surface area contributed by atoms with Gasteiger partial charge in [0.1, 0.15) is 30.3 Å². The largest absolute Gasteiger partial charge is 0.460 e. The van der Waals surface area contributed by atoms with Gasteiger partial charge >= 0.3 is 11.9 Å². The normalized spacial score (nSPS) is 29.2. The zero-order chi connectivity index (χ0) is 37.3. The Morgan fingerprint density at radius 3 is 1.90 bits per heavy atom. The fourth-order valence-electron chi connectivity index (χ4n) is 6.76. The maximum atomic E-state index is 14.2. The minimum absolute atomic E-state index is 0.287. The number of esters is 2. The first kappa shape index (κ1) is 41.6. The summed E-state index contributed by atoms with van der Waals surface area (Å²) in [6.07, 6.45) is 6.02. The van der Waals surface area contributed by atoms with Crippen LogP contribution in [0.25, 0.3) is 0 Å². The standard InChI is InChI=1S/C37H60N4O8/c1-13-15-16-19-27-25(10)32(42)38-28(21(3)4)34(44)40(12)30(23(7)8)37(47)49-31(24(9)14-2)35(45)41-20-17-18-26(41)33(43)39(11)29(22(5)6)36(46)48-27/h1,21-31H,14-20H2,2-12H3,(H,38,42)/t24-,25-,26-,27+,28-,29-,30-,31-/m0/s1. The molecule has 0 unspecified atom stereocenters. The summed E-state index contributed by atoms with van der Waals surface area (Å²) < 4.78 is 12.0. The second-order valence-electron chi connectivity index (χ2n) is 14.8. The maximum Gasteiger partial charge on any atom is 0.329 e. The Morgan fingerprint density at radius 1 is 0.837 bits per heavy atom. The van der Waals surface area contributed by atoms with Crippen LogP contribution in [-0.4, -0.2) is 107 Å². The van der Waals surface area contributed by atoms with Gasteiger partial charge in [-0.25, -0.2) is 9.59 Å². The molecule has 49 heavy (non-hydrogen) atoms. The van der Waals surface area contributed by atoms with E-state index in [1.165, 1.54) is 28.8 Å². The lowest BCUT2D eigenvalue weighted by molar-refractivity contribution is -0.172. The van der Waals surface area contributed by atoms with Gasteiger partial charge in [0.05, 0.1) is 5.92 Å². The lowest BCUT2D eigenvalue weighted by Gasteiger charge is -2.37. The molecule has 2 fully saturated rings. The van der Waals surface area contributed by atoms with E-state index in [-0.39, 0.29) is 30.7 Å². The van der Waals surface area contributed by atoms with E-state index in [4.69, 9.17) is 15.9 Å². The predicted molar refractivity (Wildman–Crippen MR) is 185 cm³/mol. The molecule has 0 aliphatic carbocycles. The van der Waals surface area contributed by atoms with Crippen molar-refractivity contribution in [2.24, 2.45) is 29.6 Å². The minimum Gasteiger partial charge on any atom is -0.460 e. The fourth-order valence-corrected chi connectivity index (χ4v) is 6.76. The summed E-state index contributed by atoms with van der Waals surface area (Å²) in [5, 5.41) is 2.85. The summed E-state index contributed by atoms with van der Waals surface area (Å²) in [4.78, 5) is 88.0. The molecule has 0 spiro atoms. The molecule has 0 radical (unpaired) electrons. The van der Waals surface area contributed by atoms with Crippen LogP contribution in [0, 0.1) is 41.9 Å². The van der Waals surface area contributed by atoms with E-state index in [0.717, 1.165) is 0 Å². The first-order valence-corrected chi connectivity index (χ1v) is 17.9. The fraction of sp³-hybridized carbons (Fsp3) is 0.784. The van der Waals surface area contributed by atoms with Gasteiger partial charge in [-0.1, -0.05) is 62.3 Å². The molecule has 8 atom stereocenters. The first-order valence-electron chi connectivity index (χ1n) is 17.9. The van der Waals surface area contributed by atoms with E-state index >= 15 is 0 Å². The molecule has 0 aromatic carbocycles. The molecule has 12 nitrogen and oxygen atoms in total. The Morgan fingerprint density at radius 2 is 1.39 bits per heavy atom. The van der Waals surface area contributed by atoms with Crippen LogP contribution in [0.2, 0.25) is 0 Å². The number of nitrogens with one attached hydrogen (secondary N) is 1. The first-order chi connectivity index (χ1) is 22.9. The highest BCUT2D eigenvalue weighted by Gasteiger charge is 2.46. The van der Waals surface area contributed by atoms with Gasteiger partial charge in [0, 0.05) is 33.0 Å². The van der Waals surface area contributed by atoms with E-state index < -0.39 is 83.8 Å². The number of ether oxygens (including phenoxy) is 2. The second-order valence-corrected chi connectivity index (χ2v) is 14.8. The number of carbonyl (C=O) groups is 6. The molecule has 12 heteroatoms. The smallest absolute Gasteiger partial charge is 0.329 e. The van der Waals surface area contributed by atoms with Gasteiger partial charge < -0.3 is 29.5 Å². The third kappa shape index (κ3) is 9.98. The quantitative estimate of drug-likeness (QED) is 0.232. The molecule has 1 N–H and O–H groups in total. The summed E-state index contributed by atoms with van der Waals surface area (Å²) in [7, 11) is 3.01. The second kappa shape index (κ2) is 18.4. The Hall–Kier alpha value is -3.62. The van der Waals surface area contributed by atoms with Crippen LogP contribution in [0.4, 0.5) is 0 Å². The van der Waals surface area contributed by atoms with Crippen LogP contribution < -0.4 is 5.32 Å². The Bertz CT molecular complexity index is 1240. The van der Waals surface area contributed by atoms with Gasteiger partial charge in [0.15, 0.2) is 6.10 Å². The van der Waals surface area contributed by atoms with Gasteiger partial charge in [-0.3, -0.25) is 19.2 Å². The molecule has 2 saturated heterocycles. The van der Waals surface area contributed by atoms with Crippen molar-refractivity contribution in [1.82, 2.24) is 20.0 Å². The zero-order valence-corrected chi connectivity index (χ0v) is 31.5. The van der Waals surface area contributed by atoms with Crippen LogP contribution in [-0.2, 0) is 38.2 Å². The summed E-state index contributed by atoms with van der Waals surface area (Å²) >= 11 is 0. The SMILES string of the molecule is C#CCCC[C@H]1OC(=O)[C@H](C(C)C)N(C)C(=O)[C@@H]2CCCN2C(=O)[C@H]([C@@H](C)CC)OC(=O)[C@H](C(C)C)N(C)C(=O)[C@H](C(C)C)NC(=O)[C@H]1C. The van der Waals surface area contributed by atoms with Gasteiger partial charge in [-0.2, -0.15) is 0 Å². The Labute approximate surface area is 293 Å². The molecule has 0 aromatic heterocycles. The van der Waals surface area contributed by atoms with Crippen LogP contribution in [0.3, 0.4) is 0 Å². The topological polar surface area (TPSA) is 143 Å². The number of carbonyl (C=O) groups excluding carboxylic acids is 6. The van der Waals surface area contributed by atoms with Gasteiger partial charge in [0.25, 0.3) is 5.91 Å². The number of hydrogen-bond acceptors (Lipinski definition) is 8. The van der Waals surface area contributed by atoms with E-state index in [1.807, 2.05) is 6.92 Å². The van der Waals surface area contributed by atoms with Crippen molar-refractivity contribution in [3.63, 3.8) is 0 Å². The number of cyclic esters (lactones) is 2. The average Bonchev–Trinajstić information content (AvgIpc) is 3.53. The summed E-state index contributed by atoms with van der Waals surface area (Å²) in [6.45, 7) is 16.3. The number of hydrogen-bond donors (Lipinski definition) is 1. The van der Waals surface area contributed by atoms with Crippen LogP contribution in [0.1, 0.15) is 101 Å². The number of nitrogens with zero attached hydrogens (tertiary/aromatic N) is 3. The van der Waals surface area contributed by atoms with Crippen LogP contribution in [0.15, 0.2) is 0 Å². The lowest BCUT2D eigenvalue weighted by Crippen LogP contribution is -2.58. The minimum atomic E-state index is -1.20. The molecule has 0 saturated carbocycles. The summed E-state index contributed by atoms with van der Waals surface area (Å²) in [6, 6.07) is -3.95. The number of amides is 4. The van der Waals surface area contributed by atoms with E-state index in [9.17, 15) is 28.8 Å². The van der Waals surface area contributed by atoms with Crippen LogP contribution >= 0.6 is 0 Å². The molecule has 2 heterocycles. The number of likely N-dealkylation sites (N-methyl/N-ethyl adjacent to an activating group) is 2. The molecule has 4 amide bonds. The van der Waals surface area contributed by atoms with Crippen molar-refractivity contribution in [3.8, 4) is 12.3 Å². The molecule has 0 bridgehead atoms. The number of unbranched alkanes of at least 4 members (excludes halogenated alkanes) is 1. The van der Waals surface area contributed by atoms with Crippen molar-refractivity contribution in [3.05, 3.63) is 0 Å². The monoisotopic (exact) mass is 688 g/mol. The summed E-state index contributed by atoms with van der Waals surface area (Å²) in [5.74, 6) is -3.13. The van der Waals surface area contributed by atoms with Gasteiger partial charge in [0.2, 0.25) is 17.7 Å². The van der Waals surface area contributed by atoms with Crippen molar-refractivity contribution < 1.29 is 38.2 Å². The van der Waals surface area contributed by atoms with Crippen molar-refractivity contribution in [2.45, 2.75) is 137 Å². The Balaban J connectivity index is 2.74. The van der Waals surface area contributed by atoms with E-state index in [0.29, 0.717) is 32.1 Å². The lowest BCUT2D eigenvalue weighted by atomic mass is 9.95. The molecule has 276 valence electrons. The zero-order valence-electron chi connectivity index (χ0n) is 31.5. The molecular formula is C37H60N4O8. The van der Waals surface area contributed by atoms with Gasteiger partial charge in [-0.15, -0.1) is 12.3 Å². The molecular weight excluding hydrogens is 628 g/mol. The number of terminal acetylenes is 1. The van der Waals surface area contributed by atoms with E-state index in [1.54, 1.807) is 55.4 Å². The third-order valence-corrected chi connectivity index (χ3v) is 10.0. The third-order valence-electron chi connectivity index (χ3n) is 10.0. The Kier molecular flexibility index (Phi) is 15.6. The highest BCUT2D eigenvalue weighted by Crippen LogP contribution is 2.28. The average molecular weight is 689 g/mol. The maximum absolute atomic E-state index is 14.2. The molecule has 0 aromatic rings. The molecule has 2 aliphatic rings. The van der Waals surface area contributed by atoms with Crippen LogP contribution in [0.5, 0.6) is 0 Å². The highest BCUT2D eigenvalue weighted by molar-refractivity contribution is 5.95. The van der Waals surface area contributed by atoms with Crippen molar-refractivity contribution >= 4 is 35.6 Å². The highest BCUT2D eigenvalue weighted by atomic mass is 16.6. The molecule has 2 rings (SSSR count). The van der Waals surface area contributed by atoms with Crippen molar-refractivity contribution in [1.29, 1.82) is 0 Å². The number of fused-ring (bicyclic) bond motifs is 1. The predicted octanol–water partition coefficient (Wildman–Crippen LogP) is 3.41. The number of rotatable bonds is 8. The summed E-state index contributed by atoms with van der Waals surface area (Å²) in [5.41, 5.74) is 0. The van der Waals surface area contributed by atoms with Gasteiger partial charge in [-0.05, 0) is 49.9 Å². The molecule has 2 aliphatic heterocycles. The van der Waals surface area contributed by atoms with Crippen molar-refractivity contribution in [2.75, 3.05) is 20.6 Å². The van der Waals surface area contributed by atoms with E-state index in [2.05, 4.69) is 11.2 Å².